The van der Waals surface area contributed by atoms with E-state index in [1.54, 1.807) is 0 Å². The summed E-state index contributed by atoms with van der Waals surface area (Å²) >= 11 is 0. The van der Waals surface area contributed by atoms with Crippen LogP contribution in [0.15, 0.2) is 24.3 Å². The number of hydrogen-bond acceptors (Lipinski definition) is 2. The Morgan fingerprint density at radius 2 is 1.94 bits per heavy atom. The Morgan fingerprint density at radius 3 is 2.47 bits per heavy atom. The molecule has 0 aliphatic rings. The highest BCUT2D eigenvalue weighted by Crippen LogP contribution is 2.04. The molecule has 0 heterocycles. The van der Waals surface area contributed by atoms with Crippen LogP contribution in [0.2, 0.25) is 0 Å². The molecule has 1 rings (SSSR count). The number of carbonyl (C=O) groups excluding carboxylic acids is 1. The van der Waals surface area contributed by atoms with E-state index in [2.05, 4.69) is 19.2 Å². The molecule has 0 aliphatic heterocycles. The van der Waals surface area contributed by atoms with E-state index in [0.717, 1.165) is 6.42 Å². The minimum absolute atomic E-state index is 0.0422. The summed E-state index contributed by atoms with van der Waals surface area (Å²) in [5.41, 5.74) is 6.30. The fourth-order valence-corrected chi connectivity index (χ4v) is 1.62. The summed E-state index contributed by atoms with van der Waals surface area (Å²) in [6.07, 6.45) is 0.865. The second kappa shape index (κ2) is 6.35. The van der Waals surface area contributed by atoms with Gasteiger partial charge in [0.15, 0.2) is 0 Å². The van der Waals surface area contributed by atoms with Gasteiger partial charge in [0.2, 0.25) is 0 Å². The van der Waals surface area contributed by atoms with Crippen LogP contribution < -0.4 is 11.1 Å². The number of nitrogens with two attached hydrogens (primary N) is 1. The van der Waals surface area contributed by atoms with Gasteiger partial charge in [-0.2, -0.15) is 0 Å². The van der Waals surface area contributed by atoms with Gasteiger partial charge in [-0.3, -0.25) is 4.79 Å². The quantitative estimate of drug-likeness (QED) is 0.823. The smallest absolute Gasteiger partial charge is 0.251 e. The maximum Gasteiger partial charge on any atom is 0.251 e. The maximum atomic E-state index is 12.7. The first-order valence-electron chi connectivity index (χ1n) is 5.78. The van der Waals surface area contributed by atoms with Crippen molar-refractivity contribution in [1.29, 1.82) is 0 Å². The van der Waals surface area contributed by atoms with Crippen molar-refractivity contribution in [1.82, 2.24) is 5.32 Å². The number of hydrogen-bond donors (Lipinski definition) is 2. The van der Waals surface area contributed by atoms with Gasteiger partial charge in [-0.25, -0.2) is 4.39 Å². The molecular weight excluding hydrogens is 219 g/mol. The van der Waals surface area contributed by atoms with Crippen LogP contribution in [-0.4, -0.2) is 18.5 Å². The Balaban J connectivity index is 2.42. The van der Waals surface area contributed by atoms with Crippen molar-refractivity contribution >= 4 is 5.91 Å². The van der Waals surface area contributed by atoms with E-state index < -0.39 is 0 Å². The van der Waals surface area contributed by atoms with E-state index in [1.807, 2.05) is 0 Å². The van der Waals surface area contributed by atoms with Crippen LogP contribution in [0, 0.1) is 11.7 Å². The van der Waals surface area contributed by atoms with Gasteiger partial charge in [0.1, 0.15) is 5.82 Å². The van der Waals surface area contributed by atoms with Crippen LogP contribution in [0.3, 0.4) is 0 Å². The lowest BCUT2D eigenvalue weighted by molar-refractivity contribution is 0.0950. The zero-order chi connectivity index (χ0) is 12.8. The summed E-state index contributed by atoms with van der Waals surface area (Å²) in [4.78, 5) is 11.7. The molecule has 0 saturated heterocycles. The predicted octanol–water partition coefficient (Wildman–Crippen LogP) is 1.93. The Bertz CT molecular complexity index is 362. The van der Waals surface area contributed by atoms with Crippen LogP contribution in [0.1, 0.15) is 30.6 Å². The fourth-order valence-electron chi connectivity index (χ4n) is 1.62. The number of rotatable bonds is 5. The van der Waals surface area contributed by atoms with E-state index in [9.17, 15) is 9.18 Å². The van der Waals surface area contributed by atoms with Crippen LogP contribution in [0.5, 0.6) is 0 Å². The van der Waals surface area contributed by atoms with Gasteiger partial charge in [0.05, 0.1) is 0 Å². The summed E-state index contributed by atoms with van der Waals surface area (Å²) in [5, 5.41) is 2.74. The van der Waals surface area contributed by atoms with Crippen LogP contribution in [0.4, 0.5) is 4.39 Å². The van der Waals surface area contributed by atoms with E-state index >= 15 is 0 Å². The molecule has 17 heavy (non-hydrogen) atoms. The standard InChI is InChI=1S/C13H19FN2O/c1-9(2)7-12(15)8-16-13(17)10-3-5-11(14)6-4-10/h3-6,9,12H,7-8,15H2,1-2H3,(H,16,17). The van der Waals surface area contributed by atoms with Gasteiger partial charge in [0.25, 0.3) is 5.91 Å². The molecule has 0 radical (unpaired) electrons. The zero-order valence-corrected chi connectivity index (χ0v) is 10.2. The van der Waals surface area contributed by atoms with Crippen molar-refractivity contribution in [3.05, 3.63) is 35.6 Å². The van der Waals surface area contributed by atoms with Gasteiger partial charge >= 0.3 is 0 Å². The van der Waals surface area contributed by atoms with Crippen molar-refractivity contribution in [3.63, 3.8) is 0 Å². The molecule has 0 spiro atoms. The summed E-state index contributed by atoms with van der Waals surface area (Å²) in [5.74, 6) is -0.0602. The summed E-state index contributed by atoms with van der Waals surface area (Å²) in [6, 6.07) is 5.41. The minimum atomic E-state index is -0.349. The first-order chi connectivity index (χ1) is 7.99. The van der Waals surface area contributed by atoms with Crippen LogP contribution >= 0.6 is 0 Å². The molecule has 3 nitrogen and oxygen atoms in total. The molecule has 1 amide bonds. The van der Waals surface area contributed by atoms with E-state index in [4.69, 9.17) is 5.73 Å². The zero-order valence-electron chi connectivity index (χ0n) is 10.2. The van der Waals surface area contributed by atoms with Gasteiger partial charge in [-0.15, -0.1) is 0 Å². The number of halogens is 1. The van der Waals surface area contributed by atoms with Crippen molar-refractivity contribution in [2.45, 2.75) is 26.3 Å². The second-order valence-corrected chi connectivity index (χ2v) is 4.61. The maximum absolute atomic E-state index is 12.7. The molecule has 0 saturated carbocycles. The van der Waals surface area contributed by atoms with Gasteiger partial charge in [-0.05, 0) is 36.6 Å². The molecule has 1 unspecified atom stereocenters. The van der Waals surface area contributed by atoms with Crippen LogP contribution in [0.25, 0.3) is 0 Å². The van der Waals surface area contributed by atoms with Crippen molar-refractivity contribution in [2.24, 2.45) is 11.7 Å². The minimum Gasteiger partial charge on any atom is -0.350 e. The third-order valence-electron chi connectivity index (χ3n) is 2.41. The average molecular weight is 238 g/mol. The normalized spacial score (nSPS) is 12.5. The third kappa shape index (κ3) is 4.95. The number of carbonyl (C=O) groups is 1. The molecule has 0 aromatic heterocycles. The van der Waals surface area contributed by atoms with Gasteiger partial charge in [0, 0.05) is 18.2 Å². The monoisotopic (exact) mass is 238 g/mol. The second-order valence-electron chi connectivity index (χ2n) is 4.61. The lowest BCUT2D eigenvalue weighted by atomic mass is 10.0. The first kappa shape index (κ1) is 13.6. The molecule has 1 aromatic rings. The Hall–Kier alpha value is -1.42. The fraction of sp³-hybridized carbons (Fsp3) is 0.462. The highest BCUT2D eigenvalue weighted by atomic mass is 19.1. The largest absolute Gasteiger partial charge is 0.350 e. The lowest BCUT2D eigenvalue weighted by Gasteiger charge is -2.14. The van der Waals surface area contributed by atoms with E-state index in [1.165, 1.54) is 24.3 Å². The summed E-state index contributed by atoms with van der Waals surface area (Å²) < 4.78 is 12.7. The Kier molecular flexibility index (Phi) is 5.10. The topological polar surface area (TPSA) is 55.1 Å². The molecular formula is C13H19FN2O. The number of nitrogens with one attached hydrogen (secondary N) is 1. The average Bonchev–Trinajstić information content (AvgIpc) is 2.26. The number of amides is 1. The lowest BCUT2D eigenvalue weighted by Crippen LogP contribution is -2.38. The molecule has 0 aliphatic carbocycles. The molecule has 0 bridgehead atoms. The Morgan fingerprint density at radius 1 is 1.35 bits per heavy atom. The molecule has 4 heteroatoms. The van der Waals surface area contributed by atoms with Crippen molar-refractivity contribution in [3.8, 4) is 0 Å². The van der Waals surface area contributed by atoms with Gasteiger partial charge < -0.3 is 11.1 Å². The predicted molar refractivity (Wildman–Crippen MR) is 66.2 cm³/mol. The van der Waals surface area contributed by atoms with Crippen LogP contribution in [-0.2, 0) is 0 Å². The van der Waals surface area contributed by atoms with Gasteiger partial charge in [-0.1, -0.05) is 13.8 Å². The molecule has 94 valence electrons. The number of benzene rings is 1. The highest BCUT2D eigenvalue weighted by molar-refractivity contribution is 5.94. The van der Waals surface area contributed by atoms with E-state index in [0.29, 0.717) is 18.0 Å². The van der Waals surface area contributed by atoms with Crippen molar-refractivity contribution < 1.29 is 9.18 Å². The molecule has 0 fully saturated rings. The summed E-state index contributed by atoms with van der Waals surface area (Å²) in [7, 11) is 0. The Labute approximate surface area is 101 Å². The highest BCUT2D eigenvalue weighted by Gasteiger charge is 2.09. The van der Waals surface area contributed by atoms with Crippen molar-refractivity contribution in [2.75, 3.05) is 6.54 Å². The summed E-state index contributed by atoms with van der Waals surface area (Å²) in [6.45, 7) is 4.61. The third-order valence-corrected chi connectivity index (χ3v) is 2.41. The molecule has 1 atom stereocenters. The first-order valence-corrected chi connectivity index (χ1v) is 5.78. The molecule has 3 N–H and O–H groups in total. The SMILES string of the molecule is CC(C)CC(N)CNC(=O)c1ccc(F)cc1. The van der Waals surface area contributed by atoms with E-state index in [-0.39, 0.29) is 17.8 Å². The molecule has 1 aromatic carbocycles.